The summed E-state index contributed by atoms with van der Waals surface area (Å²) in [5.41, 5.74) is 4.82. The van der Waals surface area contributed by atoms with E-state index >= 15 is 0 Å². The first-order chi connectivity index (χ1) is 15.4. The molecule has 1 N–H and O–H groups in total. The molecule has 0 unspecified atom stereocenters. The number of imidazole rings is 1. The van der Waals surface area contributed by atoms with Crippen molar-refractivity contribution in [1.29, 1.82) is 0 Å². The number of nitrogens with one attached hydrogen (secondary N) is 1. The first-order valence-electron chi connectivity index (χ1n) is 11.5. The number of piperidine rings is 1. The van der Waals surface area contributed by atoms with Gasteiger partial charge in [0.15, 0.2) is 0 Å². The van der Waals surface area contributed by atoms with Gasteiger partial charge in [0.05, 0.1) is 16.6 Å². The number of aromatic amines is 1. The fourth-order valence-electron chi connectivity index (χ4n) is 4.87. The van der Waals surface area contributed by atoms with E-state index in [1.165, 1.54) is 0 Å². The number of nitrogens with zero attached hydrogens (tertiary/aromatic N) is 2. The van der Waals surface area contributed by atoms with Gasteiger partial charge in [0.2, 0.25) is 0 Å². The lowest BCUT2D eigenvalue weighted by Gasteiger charge is -2.43. The van der Waals surface area contributed by atoms with Gasteiger partial charge in [-0.3, -0.25) is 4.79 Å². The second-order valence-electron chi connectivity index (χ2n) is 9.38. The first-order valence-corrected chi connectivity index (χ1v) is 11.5. The summed E-state index contributed by atoms with van der Waals surface area (Å²) in [7, 11) is 0. The molecule has 0 radical (unpaired) electrons. The average Bonchev–Trinajstić information content (AvgIpc) is 3.21. The Kier molecular flexibility index (Phi) is 5.03. The van der Waals surface area contributed by atoms with E-state index < -0.39 is 5.60 Å². The SMILES string of the molecule is CCc1nc2ccc(C(=O)N3CCC4(CC3)Cc3ccc(C(C)C)cc3C(=O)O4)cc2[nH]1. The Morgan fingerprint density at radius 1 is 1.19 bits per heavy atom. The van der Waals surface area contributed by atoms with E-state index in [0.29, 0.717) is 49.4 Å². The van der Waals surface area contributed by atoms with Crippen molar-refractivity contribution in [3.05, 3.63) is 64.5 Å². The third-order valence-electron chi connectivity index (χ3n) is 6.92. The molecule has 166 valence electrons. The number of benzene rings is 2. The number of carbonyl (C=O) groups is 2. The Labute approximate surface area is 188 Å². The summed E-state index contributed by atoms with van der Waals surface area (Å²) >= 11 is 0. The molecule has 0 atom stereocenters. The molecule has 5 rings (SSSR count). The van der Waals surface area contributed by atoms with Gasteiger partial charge in [-0.25, -0.2) is 9.78 Å². The summed E-state index contributed by atoms with van der Waals surface area (Å²) in [6.07, 6.45) is 2.85. The maximum Gasteiger partial charge on any atom is 0.338 e. The van der Waals surface area contributed by atoms with Crippen molar-refractivity contribution in [2.24, 2.45) is 0 Å². The second-order valence-corrected chi connectivity index (χ2v) is 9.38. The van der Waals surface area contributed by atoms with E-state index in [1.54, 1.807) is 0 Å². The number of fused-ring (bicyclic) bond motifs is 2. The number of carbonyl (C=O) groups excluding carboxylic acids is 2. The molecule has 0 bridgehead atoms. The minimum Gasteiger partial charge on any atom is -0.455 e. The molecule has 6 heteroatoms. The number of hydrogen-bond donors (Lipinski definition) is 1. The van der Waals surface area contributed by atoms with E-state index in [2.05, 4.69) is 35.9 Å². The van der Waals surface area contributed by atoms with Crippen LogP contribution in [0.25, 0.3) is 11.0 Å². The van der Waals surface area contributed by atoms with Crippen molar-refractivity contribution in [3.8, 4) is 0 Å². The number of ether oxygens (including phenoxy) is 1. The monoisotopic (exact) mass is 431 g/mol. The molecule has 0 aliphatic carbocycles. The van der Waals surface area contributed by atoms with Gasteiger partial charge >= 0.3 is 5.97 Å². The number of aromatic nitrogens is 2. The van der Waals surface area contributed by atoms with Gasteiger partial charge in [0.1, 0.15) is 11.4 Å². The largest absolute Gasteiger partial charge is 0.455 e. The predicted octanol–water partition coefficient (Wildman–Crippen LogP) is 4.64. The Bertz CT molecular complexity index is 1200. The lowest BCUT2D eigenvalue weighted by atomic mass is 9.80. The summed E-state index contributed by atoms with van der Waals surface area (Å²) in [4.78, 5) is 35.6. The van der Waals surface area contributed by atoms with E-state index in [9.17, 15) is 9.59 Å². The molecule has 3 heterocycles. The third kappa shape index (κ3) is 3.57. The Hall–Kier alpha value is -3.15. The first kappa shape index (κ1) is 20.7. The van der Waals surface area contributed by atoms with Crippen LogP contribution in [-0.2, 0) is 17.6 Å². The topological polar surface area (TPSA) is 75.3 Å². The summed E-state index contributed by atoms with van der Waals surface area (Å²) in [6, 6.07) is 11.8. The molecule has 1 amide bonds. The smallest absolute Gasteiger partial charge is 0.338 e. The molecule has 1 fully saturated rings. The van der Waals surface area contributed by atoms with Crippen LogP contribution in [0.15, 0.2) is 36.4 Å². The highest BCUT2D eigenvalue weighted by Crippen LogP contribution is 2.37. The molecule has 1 aromatic heterocycles. The van der Waals surface area contributed by atoms with Crippen LogP contribution in [0.1, 0.15) is 77.2 Å². The zero-order valence-electron chi connectivity index (χ0n) is 18.9. The Morgan fingerprint density at radius 3 is 2.69 bits per heavy atom. The molecule has 1 spiro atoms. The van der Waals surface area contributed by atoms with Crippen LogP contribution in [0.2, 0.25) is 0 Å². The van der Waals surface area contributed by atoms with Gasteiger partial charge in [-0.1, -0.05) is 32.9 Å². The standard InChI is InChI=1S/C26H29N3O3/c1-4-23-27-21-8-7-18(14-22(21)28-23)24(30)29-11-9-26(10-12-29)15-19-6-5-17(16(2)3)13-20(19)25(31)32-26/h5-8,13-14,16H,4,9-12,15H2,1-3H3,(H,27,28). The highest BCUT2D eigenvalue weighted by atomic mass is 16.6. The normalized spacial score (nSPS) is 17.6. The third-order valence-corrected chi connectivity index (χ3v) is 6.92. The molecule has 3 aromatic rings. The molecule has 0 saturated carbocycles. The van der Waals surface area contributed by atoms with Gasteiger partial charge in [-0.15, -0.1) is 0 Å². The minimum absolute atomic E-state index is 0.0125. The summed E-state index contributed by atoms with van der Waals surface area (Å²) in [6.45, 7) is 7.44. The maximum absolute atomic E-state index is 13.1. The number of rotatable bonds is 3. The van der Waals surface area contributed by atoms with Gasteiger partial charge in [0.25, 0.3) is 5.91 Å². The molecule has 2 aromatic carbocycles. The van der Waals surface area contributed by atoms with E-state index in [0.717, 1.165) is 34.4 Å². The Morgan fingerprint density at radius 2 is 1.97 bits per heavy atom. The van der Waals surface area contributed by atoms with Crippen molar-refractivity contribution < 1.29 is 14.3 Å². The van der Waals surface area contributed by atoms with Crippen molar-refractivity contribution in [1.82, 2.24) is 14.9 Å². The number of likely N-dealkylation sites (tertiary alicyclic amines) is 1. The second kappa shape index (κ2) is 7.76. The lowest BCUT2D eigenvalue weighted by Crippen LogP contribution is -2.51. The summed E-state index contributed by atoms with van der Waals surface area (Å²) < 4.78 is 5.99. The molecule has 2 aliphatic rings. The van der Waals surface area contributed by atoms with Gasteiger partial charge in [-0.2, -0.15) is 0 Å². The summed E-state index contributed by atoms with van der Waals surface area (Å²) in [5, 5.41) is 0. The van der Waals surface area contributed by atoms with Crippen molar-refractivity contribution >= 4 is 22.9 Å². The van der Waals surface area contributed by atoms with Crippen LogP contribution in [0.5, 0.6) is 0 Å². The molecule has 6 nitrogen and oxygen atoms in total. The van der Waals surface area contributed by atoms with E-state index in [-0.39, 0.29) is 11.9 Å². The summed E-state index contributed by atoms with van der Waals surface area (Å²) in [5.74, 6) is 1.07. The molecule has 32 heavy (non-hydrogen) atoms. The van der Waals surface area contributed by atoms with E-state index in [4.69, 9.17) is 4.74 Å². The van der Waals surface area contributed by atoms with Gasteiger partial charge in [-0.05, 0) is 41.3 Å². The number of H-pyrrole nitrogens is 1. The van der Waals surface area contributed by atoms with Crippen molar-refractivity contribution in [2.75, 3.05) is 13.1 Å². The molecular weight excluding hydrogens is 402 g/mol. The fraction of sp³-hybridized carbons (Fsp3) is 0.423. The van der Waals surface area contributed by atoms with Crippen LogP contribution in [0, 0.1) is 0 Å². The highest BCUT2D eigenvalue weighted by molar-refractivity contribution is 5.97. The van der Waals surface area contributed by atoms with Gasteiger partial charge < -0.3 is 14.6 Å². The minimum atomic E-state index is -0.510. The van der Waals surface area contributed by atoms with Crippen LogP contribution in [0.3, 0.4) is 0 Å². The zero-order valence-corrected chi connectivity index (χ0v) is 18.9. The average molecular weight is 432 g/mol. The van der Waals surface area contributed by atoms with Crippen LogP contribution < -0.4 is 0 Å². The van der Waals surface area contributed by atoms with Crippen molar-refractivity contribution in [3.63, 3.8) is 0 Å². The molecular formula is C26H29N3O3. The fourth-order valence-corrected chi connectivity index (χ4v) is 4.87. The highest BCUT2D eigenvalue weighted by Gasteiger charge is 2.43. The number of amides is 1. The Balaban J connectivity index is 1.30. The number of esters is 1. The van der Waals surface area contributed by atoms with Crippen LogP contribution >= 0.6 is 0 Å². The zero-order chi connectivity index (χ0) is 22.5. The predicted molar refractivity (Wildman–Crippen MR) is 123 cm³/mol. The molecule has 2 aliphatic heterocycles. The molecule has 1 saturated heterocycles. The van der Waals surface area contributed by atoms with Crippen molar-refractivity contribution in [2.45, 2.75) is 58.0 Å². The number of aryl methyl sites for hydroxylation is 1. The quantitative estimate of drug-likeness (QED) is 0.613. The van der Waals surface area contributed by atoms with Crippen LogP contribution in [0.4, 0.5) is 0 Å². The lowest BCUT2D eigenvalue weighted by molar-refractivity contribution is -0.0527. The maximum atomic E-state index is 13.1. The van der Waals surface area contributed by atoms with Crippen LogP contribution in [-0.4, -0.2) is 45.4 Å². The van der Waals surface area contributed by atoms with Gasteiger partial charge in [0, 0.05) is 44.3 Å². The number of hydrogen-bond acceptors (Lipinski definition) is 4. The van der Waals surface area contributed by atoms with E-state index in [1.807, 2.05) is 36.1 Å².